The minimum atomic E-state index is -2.21. The average molecular weight is 533 g/mol. The predicted octanol–water partition coefficient (Wildman–Crippen LogP) is 8.29. The molecule has 0 aromatic carbocycles. The number of hydrogen-bond acceptors (Lipinski definition) is 3. The summed E-state index contributed by atoms with van der Waals surface area (Å²) in [5.74, 6) is 13.3. The molecule has 3 nitrogen and oxygen atoms in total. The van der Waals surface area contributed by atoms with Crippen LogP contribution in [0.25, 0.3) is 0 Å². The molecule has 0 saturated heterocycles. The highest BCUT2D eigenvalue weighted by Gasteiger charge is 2.49. The van der Waals surface area contributed by atoms with Gasteiger partial charge in [0.05, 0.1) is 0 Å². The highest BCUT2D eigenvalue weighted by atomic mass is 28.4. The fourth-order valence-electron chi connectivity index (χ4n) is 2.62. The molecule has 1 aliphatic rings. The Hall–Kier alpha value is -0.869. The van der Waals surface area contributed by atoms with E-state index in [1.165, 1.54) is 0 Å². The van der Waals surface area contributed by atoms with Gasteiger partial charge in [0, 0.05) is 5.57 Å². The van der Waals surface area contributed by atoms with Gasteiger partial charge in [-0.2, -0.15) is 0 Å². The van der Waals surface area contributed by atoms with Gasteiger partial charge in [0.1, 0.15) is 18.3 Å². The Labute approximate surface area is 220 Å². The molecule has 0 fully saturated rings. The normalized spacial score (nSPS) is 23.6. The Morgan fingerprint density at radius 2 is 1.03 bits per heavy atom. The quantitative estimate of drug-likeness (QED) is 0.254. The van der Waals surface area contributed by atoms with E-state index in [0.717, 1.165) is 5.57 Å². The van der Waals surface area contributed by atoms with Crippen molar-refractivity contribution in [2.45, 2.75) is 135 Å². The third kappa shape index (κ3) is 8.59. The van der Waals surface area contributed by atoms with Crippen LogP contribution in [0.15, 0.2) is 24.3 Å². The molecule has 0 amide bonds. The van der Waals surface area contributed by atoms with Crippen LogP contribution in [-0.4, -0.2) is 43.3 Å². The monoisotopic (exact) mass is 532 g/mol. The standard InChI is InChI=1S/C29H52O3Si3/c1-23-19-17-18-20-24(30-33(11,12)27(2,3)4)26(32-35(15,16)29(8,9)10)25(22-21-23)31-34(13,14)28(5,6)7/h17,19,24-26H,1H2,2-16H3/b19-17+/t24-,25+,26?/m0/s1. The second-order valence-corrected chi connectivity index (χ2v) is 28.6. The van der Waals surface area contributed by atoms with Gasteiger partial charge in [-0.3, -0.25) is 0 Å². The first-order valence-electron chi connectivity index (χ1n) is 12.8. The molecule has 0 saturated carbocycles. The molecule has 0 aliphatic heterocycles. The molecule has 0 aromatic rings. The summed E-state index contributed by atoms with van der Waals surface area (Å²) < 4.78 is 21.1. The van der Waals surface area contributed by atoms with E-state index in [0.29, 0.717) is 0 Å². The van der Waals surface area contributed by atoms with Gasteiger partial charge in [-0.1, -0.05) is 92.6 Å². The van der Waals surface area contributed by atoms with E-state index in [2.05, 4.69) is 132 Å². The Morgan fingerprint density at radius 3 is 1.43 bits per heavy atom. The van der Waals surface area contributed by atoms with E-state index in [1.54, 1.807) is 0 Å². The van der Waals surface area contributed by atoms with Gasteiger partial charge in [-0.25, -0.2) is 0 Å². The lowest BCUT2D eigenvalue weighted by molar-refractivity contribution is 0.00445. The minimum Gasteiger partial charge on any atom is -0.407 e. The van der Waals surface area contributed by atoms with Crippen LogP contribution in [0.4, 0.5) is 0 Å². The van der Waals surface area contributed by atoms with Crippen LogP contribution in [0, 0.1) is 23.7 Å². The fraction of sp³-hybridized carbons (Fsp3) is 0.724. The van der Waals surface area contributed by atoms with Crippen molar-refractivity contribution < 1.29 is 13.3 Å². The zero-order valence-electron chi connectivity index (χ0n) is 25.3. The van der Waals surface area contributed by atoms with Gasteiger partial charge in [0.15, 0.2) is 25.0 Å². The van der Waals surface area contributed by atoms with Gasteiger partial charge in [-0.05, 0) is 66.5 Å². The SMILES string of the molecule is C=C1C#C[C@@H](O[Si](C)(C)C(C)(C)C)C(O[Si](C)(C)C(C)(C)C)[C@@H](O[Si](C)(C)C(C)(C)C)C#C/C=C/1. The highest BCUT2D eigenvalue weighted by molar-refractivity contribution is 6.75. The average Bonchev–Trinajstić information content (AvgIpc) is 2.62. The van der Waals surface area contributed by atoms with Crippen molar-refractivity contribution in [2.75, 3.05) is 0 Å². The zero-order chi connectivity index (χ0) is 27.7. The molecule has 0 aromatic heterocycles. The van der Waals surface area contributed by atoms with Crippen molar-refractivity contribution in [1.82, 2.24) is 0 Å². The highest BCUT2D eigenvalue weighted by Crippen LogP contribution is 2.43. The Kier molecular flexibility index (Phi) is 9.98. The summed E-state index contributed by atoms with van der Waals surface area (Å²) in [7, 11) is -6.55. The second-order valence-electron chi connectivity index (χ2n) is 14.4. The van der Waals surface area contributed by atoms with E-state index < -0.39 is 43.3 Å². The van der Waals surface area contributed by atoms with Crippen molar-refractivity contribution in [3.63, 3.8) is 0 Å². The van der Waals surface area contributed by atoms with Crippen molar-refractivity contribution in [3.05, 3.63) is 24.3 Å². The van der Waals surface area contributed by atoms with E-state index in [4.69, 9.17) is 13.3 Å². The lowest BCUT2D eigenvalue weighted by atomic mass is 10.1. The van der Waals surface area contributed by atoms with Crippen LogP contribution < -0.4 is 0 Å². The molecule has 0 heterocycles. The Morgan fingerprint density at radius 1 is 0.657 bits per heavy atom. The first-order valence-corrected chi connectivity index (χ1v) is 21.6. The lowest BCUT2D eigenvalue weighted by Crippen LogP contribution is -2.57. The van der Waals surface area contributed by atoms with Crippen LogP contribution in [0.3, 0.4) is 0 Å². The van der Waals surface area contributed by atoms with Gasteiger partial charge < -0.3 is 13.3 Å². The molecular formula is C29H52O3Si3. The van der Waals surface area contributed by atoms with E-state index >= 15 is 0 Å². The van der Waals surface area contributed by atoms with E-state index in [9.17, 15) is 0 Å². The molecule has 1 unspecified atom stereocenters. The van der Waals surface area contributed by atoms with Crippen LogP contribution in [0.2, 0.25) is 54.4 Å². The summed E-state index contributed by atoms with van der Waals surface area (Å²) in [6.07, 6.45) is 2.36. The fourth-order valence-corrected chi connectivity index (χ4v) is 6.27. The van der Waals surface area contributed by atoms with Crippen molar-refractivity contribution in [1.29, 1.82) is 0 Å². The maximum Gasteiger partial charge on any atom is 0.193 e. The molecule has 0 N–H and O–H groups in total. The summed E-state index contributed by atoms with van der Waals surface area (Å²) in [6, 6.07) is 0. The molecule has 1 rings (SSSR count). The first kappa shape index (κ1) is 32.2. The summed E-state index contributed by atoms with van der Waals surface area (Å²) in [5, 5.41) is 0.0940. The molecule has 0 radical (unpaired) electrons. The largest absolute Gasteiger partial charge is 0.407 e. The van der Waals surface area contributed by atoms with Crippen LogP contribution in [0.5, 0.6) is 0 Å². The maximum absolute atomic E-state index is 7.13. The molecule has 1 aliphatic carbocycles. The van der Waals surface area contributed by atoms with Crippen LogP contribution >= 0.6 is 0 Å². The summed E-state index contributed by atoms with van der Waals surface area (Å²) in [4.78, 5) is 0. The molecule has 0 bridgehead atoms. The summed E-state index contributed by atoms with van der Waals surface area (Å²) in [6.45, 7) is 38.0. The number of hydrogen-bond donors (Lipinski definition) is 0. The number of rotatable bonds is 6. The molecular weight excluding hydrogens is 481 g/mol. The topological polar surface area (TPSA) is 27.7 Å². The Balaban J connectivity index is 3.80. The van der Waals surface area contributed by atoms with Crippen LogP contribution in [-0.2, 0) is 13.3 Å². The summed E-state index contributed by atoms with van der Waals surface area (Å²) >= 11 is 0. The van der Waals surface area contributed by atoms with Gasteiger partial charge in [0.25, 0.3) is 0 Å². The molecule has 6 heteroatoms. The van der Waals surface area contributed by atoms with E-state index in [1.807, 2.05) is 12.2 Å². The van der Waals surface area contributed by atoms with Gasteiger partial charge >= 0.3 is 0 Å². The van der Waals surface area contributed by atoms with Crippen molar-refractivity contribution in [2.24, 2.45) is 0 Å². The smallest absolute Gasteiger partial charge is 0.193 e. The predicted molar refractivity (Wildman–Crippen MR) is 160 cm³/mol. The van der Waals surface area contributed by atoms with Crippen LogP contribution in [0.1, 0.15) is 62.3 Å². The van der Waals surface area contributed by atoms with E-state index in [-0.39, 0.29) is 15.1 Å². The Bertz CT molecular complexity index is 917. The number of allylic oxidation sites excluding steroid dienone is 3. The summed E-state index contributed by atoms with van der Waals surface area (Å²) in [5.41, 5.74) is 0.720. The third-order valence-corrected chi connectivity index (χ3v) is 21.6. The maximum atomic E-state index is 7.13. The van der Waals surface area contributed by atoms with Crippen molar-refractivity contribution in [3.8, 4) is 23.7 Å². The zero-order valence-corrected chi connectivity index (χ0v) is 28.3. The molecule has 35 heavy (non-hydrogen) atoms. The second kappa shape index (κ2) is 10.9. The van der Waals surface area contributed by atoms with Gasteiger partial charge in [0.2, 0.25) is 0 Å². The first-order chi connectivity index (χ1) is 15.4. The minimum absolute atomic E-state index is 0.0235. The molecule has 198 valence electrons. The van der Waals surface area contributed by atoms with Gasteiger partial charge in [-0.15, -0.1) is 0 Å². The molecule has 3 atom stereocenters. The third-order valence-electron chi connectivity index (χ3n) is 8.26. The lowest BCUT2D eigenvalue weighted by Gasteiger charge is -2.47. The van der Waals surface area contributed by atoms with Crippen molar-refractivity contribution >= 4 is 25.0 Å². The molecule has 0 spiro atoms.